The third-order valence-electron chi connectivity index (χ3n) is 2.70. The molecule has 3 nitrogen and oxygen atoms in total. The third kappa shape index (κ3) is 2.53. The summed E-state index contributed by atoms with van der Waals surface area (Å²) in [5, 5.41) is 9.71. The van der Waals surface area contributed by atoms with Crippen LogP contribution in [0, 0.1) is 5.41 Å². The predicted octanol–water partition coefficient (Wildman–Crippen LogP) is 0.204. The van der Waals surface area contributed by atoms with E-state index in [1.54, 1.807) is 0 Å². The quantitative estimate of drug-likeness (QED) is 0.616. The summed E-state index contributed by atoms with van der Waals surface area (Å²) in [5.41, 5.74) is 6.50. The molecule has 0 aliphatic carbocycles. The topological polar surface area (TPSA) is 49.5 Å². The van der Waals surface area contributed by atoms with Crippen LogP contribution in [0.2, 0.25) is 0 Å². The van der Waals surface area contributed by atoms with Gasteiger partial charge in [0.2, 0.25) is 0 Å². The highest BCUT2D eigenvalue weighted by molar-refractivity contribution is 5.02. The first-order valence-electron chi connectivity index (χ1n) is 4.73. The average molecular weight is 184 g/mol. The third-order valence-corrected chi connectivity index (χ3v) is 2.70. The molecule has 0 radical (unpaired) electrons. The van der Waals surface area contributed by atoms with E-state index in [0.717, 1.165) is 25.2 Å². The number of hydrogen-bond acceptors (Lipinski definition) is 3. The number of hydrogen-bond donors (Lipinski definition) is 2. The van der Waals surface area contributed by atoms with E-state index < -0.39 is 0 Å². The lowest BCUT2D eigenvalue weighted by molar-refractivity contribution is 0.0956. The standard InChI is InChI=1S/C10H20N2O/c1-8(4-11)5-12-6-9(13)10(2,3)7-12/h9,13H,1,4-7,11H2,2-3H3. The maximum Gasteiger partial charge on any atom is 0.0730 e. The first-order chi connectivity index (χ1) is 5.95. The van der Waals surface area contributed by atoms with Crippen LogP contribution in [-0.2, 0) is 0 Å². The fourth-order valence-electron chi connectivity index (χ4n) is 1.74. The molecule has 1 unspecified atom stereocenters. The van der Waals surface area contributed by atoms with Crippen molar-refractivity contribution in [3.63, 3.8) is 0 Å². The number of β-amino-alcohol motifs (C(OH)–C–C–N with tert-alkyl or cyclic N) is 1. The van der Waals surface area contributed by atoms with Crippen LogP contribution in [0.3, 0.4) is 0 Å². The smallest absolute Gasteiger partial charge is 0.0730 e. The molecule has 1 rings (SSSR count). The van der Waals surface area contributed by atoms with Crippen LogP contribution in [0.15, 0.2) is 12.2 Å². The summed E-state index contributed by atoms with van der Waals surface area (Å²) in [5.74, 6) is 0. The van der Waals surface area contributed by atoms with Gasteiger partial charge < -0.3 is 10.8 Å². The van der Waals surface area contributed by atoms with Gasteiger partial charge in [-0.1, -0.05) is 20.4 Å². The van der Waals surface area contributed by atoms with Crippen molar-refractivity contribution < 1.29 is 5.11 Å². The minimum atomic E-state index is -0.224. The summed E-state index contributed by atoms with van der Waals surface area (Å²) in [7, 11) is 0. The SMILES string of the molecule is C=C(CN)CN1CC(O)C(C)(C)C1. The van der Waals surface area contributed by atoms with Gasteiger partial charge in [0, 0.05) is 31.6 Å². The summed E-state index contributed by atoms with van der Waals surface area (Å²) in [6.07, 6.45) is -0.224. The molecular weight excluding hydrogens is 164 g/mol. The molecule has 1 heterocycles. The molecule has 3 heteroatoms. The Labute approximate surface area is 80.2 Å². The summed E-state index contributed by atoms with van der Waals surface area (Å²) >= 11 is 0. The second-order valence-corrected chi connectivity index (χ2v) is 4.63. The number of likely N-dealkylation sites (tertiary alicyclic amines) is 1. The van der Waals surface area contributed by atoms with Gasteiger partial charge in [-0.25, -0.2) is 0 Å². The minimum absolute atomic E-state index is 0.00881. The van der Waals surface area contributed by atoms with Crippen LogP contribution in [0.4, 0.5) is 0 Å². The first-order valence-corrected chi connectivity index (χ1v) is 4.73. The van der Waals surface area contributed by atoms with Crippen molar-refractivity contribution in [3.8, 4) is 0 Å². The average Bonchev–Trinajstić information content (AvgIpc) is 2.25. The largest absolute Gasteiger partial charge is 0.391 e. The molecule has 3 N–H and O–H groups in total. The molecule has 0 saturated carbocycles. The van der Waals surface area contributed by atoms with Crippen molar-refractivity contribution in [3.05, 3.63) is 12.2 Å². The Hall–Kier alpha value is -0.380. The van der Waals surface area contributed by atoms with Gasteiger partial charge in [-0.15, -0.1) is 0 Å². The lowest BCUT2D eigenvalue weighted by atomic mass is 9.90. The van der Waals surface area contributed by atoms with Gasteiger partial charge in [-0.2, -0.15) is 0 Å². The van der Waals surface area contributed by atoms with E-state index in [0.29, 0.717) is 6.54 Å². The lowest BCUT2D eigenvalue weighted by Crippen LogP contribution is -2.27. The zero-order valence-corrected chi connectivity index (χ0v) is 8.58. The highest BCUT2D eigenvalue weighted by atomic mass is 16.3. The molecule has 0 spiro atoms. The molecule has 1 fully saturated rings. The van der Waals surface area contributed by atoms with Crippen LogP contribution in [0.1, 0.15) is 13.8 Å². The number of aliphatic hydroxyl groups excluding tert-OH is 1. The van der Waals surface area contributed by atoms with Gasteiger partial charge in [0.05, 0.1) is 6.10 Å². The molecule has 76 valence electrons. The van der Waals surface area contributed by atoms with E-state index in [1.807, 2.05) is 0 Å². The van der Waals surface area contributed by atoms with Crippen molar-refractivity contribution in [1.29, 1.82) is 0 Å². The van der Waals surface area contributed by atoms with Gasteiger partial charge in [-0.3, -0.25) is 4.90 Å². The normalized spacial score (nSPS) is 27.8. The summed E-state index contributed by atoms with van der Waals surface area (Å²) in [4.78, 5) is 2.21. The molecule has 1 aliphatic rings. The number of nitrogens with two attached hydrogens (primary N) is 1. The highest BCUT2D eigenvalue weighted by Gasteiger charge is 2.37. The lowest BCUT2D eigenvalue weighted by Gasteiger charge is -2.21. The summed E-state index contributed by atoms with van der Waals surface area (Å²) < 4.78 is 0. The van der Waals surface area contributed by atoms with Gasteiger partial charge in [-0.05, 0) is 5.57 Å². The molecule has 1 saturated heterocycles. The fraction of sp³-hybridized carbons (Fsp3) is 0.800. The second kappa shape index (κ2) is 3.78. The van der Waals surface area contributed by atoms with Crippen LogP contribution >= 0.6 is 0 Å². The Kier molecular flexibility index (Phi) is 3.11. The second-order valence-electron chi connectivity index (χ2n) is 4.63. The van der Waals surface area contributed by atoms with Crippen molar-refractivity contribution in [2.45, 2.75) is 20.0 Å². The molecule has 13 heavy (non-hydrogen) atoms. The molecule has 0 bridgehead atoms. The Balaban J connectivity index is 2.45. The van der Waals surface area contributed by atoms with Crippen LogP contribution in [-0.4, -0.2) is 42.3 Å². The van der Waals surface area contributed by atoms with Crippen molar-refractivity contribution in [2.75, 3.05) is 26.2 Å². The van der Waals surface area contributed by atoms with E-state index in [-0.39, 0.29) is 11.5 Å². The number of rotatable bonds is 3. The van der Waals surface area contributed by atoms with Gasteiger partial charge in [0.15, 0.2) is 0 Å². The molecule has 0 aromatic heterocycles. The Morgan fingerprint density at radius 1 is 1.69 bits per heavy atom. The van der Waals surface area contributed by atoms with Crippen molar-refractivity contribution in [2.24, 2.45) is 11.1 Å². The highest BCUT2D eigenvalue weighted by Crippen LogP contribution is 2.29. The maximum atomic E-state index is 9.71. The predicted molar refractivity (Wildman–Crippen MR) is 54.4 cm³/mol. The van der Waals surface area contributed by atoms with Crippen LogP contribution in [0.5, 0.6) is 0 Å². The van der Waals surface area contributed by atoms with E-state index in [4.69, 9.17) is 5.73 Å². The first kappa shape index (κ1) is 10.7. The van der Waals surface area contributed by atoms with E-state index in [1.165, 1.54) is 0 Å². The zero-order chi connectivity index (χ0) is 10.1. The van der Waals surface area contributed by atoms with Gasteiger partial charge in [0.25, 0.3) is 0 Å². The van der Waals surface area contributed by atoms with Gasteiger partial charge >= 0.3 is 0 Å². The van der Waals surface area contributed by atoms with E-state index in [9.17, 15) is 5.11 Å². The number of aliphatic hydroxyl groups is 1. The summed E-state index contributed by atoms with van der Waals surface area (Å²) in [6, 6.07) is 0. The molecule has 0 amide bonds. The Morgan fingerprint density at radius 2 is 2.31 bits per heavy atom. The van der Waals surface area contributed by atoms with Crippen LogP contribution in [0.25, 0.3) is 0 Å². The Morgan fingerprint density at radius 3 is 2.69 bits per heavy atom. The zero-order valence-electron chi connectivity index (χ0n) is 8.58. The van der Waals surface area contributed by atoms with Crippen molar-refractivity contribution in [1.82, 2.24) is 4.90 Å². The maximum absolute atomic E-state index is 9.71. The number of nitrogens with zero attached hydrogens (tertiary/aromatic N) is 1. The van der Waals surface area contributed by atoms with Crippen molar-refractivity contribution >= 4 is 0 Å². The van der Waals surface area contributed by atoms with Gasteiger partial charge in [0.1, 0.15) is 0 Å². The molecule has 1 atom stereocenters. The fourth-order valence-corrected chi connectivity index (χ4v) is 1.74. The molecule has 0 aromatic rings. The van der Waals surface area contributed by atoms with Crippen LogP contribution < -0.4 is 5.73 Å². The van der Waals surface area contributed by atoms with E-state index >= 15 is 0 Å². The molecular formula is C10H20N2O. The van der Waals surface area contributed by atoms with E-state index in [2.05, 4.69) is 25.3 Å². The Bertz CT molecular complexity index is 201. The molecule has 0 aromatic carbocycles. The summed E-state index contributed by atoms with van der Waals surface area (Å²) in [6.45, 7) is 11.1. The minimum Gasteiger partial charge on any atom is -0.391 e. The monoisotopic (exact) mass is 184 g/mol. The molecule has 1 aliphatic heterocycles.